The smallest absolute Gasteiger partial charge is 0.229 e. The normalized spacial score (nSPS) is 26.6. The van der Waals surface area contributed by atoms with Crippen LogP contribution in [0.3, 0.4) is 0 Å². The monoisotopic (exact) mass is 358 g/mol. The highest BCUT2D eigenvalue weighted by Crippen LogP contribution is 2.34. The van der Waals surface area contributed by atoms with Gasteiger partial charge in [0.05, 0.1) is 0 Å². The highest BCUT2D eigenvalue weighted by Gasteiger charge is 2.41. The summed E-state index contributed by atoms with van der Waals surface area (Å²) in [5.74, 6) is -3.70. The number of hydrogen-bond donors (Lipinski definition) is 2. The molecule has 2 unspecified atom stereocenters. The Hall–Kier alpha value is -1.37. The lowest BCUT2D eigenvalue weighted by atomic mass is 9.91. The third-order valence-electron chi connectivity index (χ3n) is 2.66. The van der Waals surface area contributed by atoms with E-state index in [2.05, 4.69) is 5.32 Å². The van der Waals surface area contributed by atoms with Crippen LogP contribution in [0.1, 0.15) is 0 Å². The van der Waals surface area contributed by atoms with Gasteiger partial charge in [-0.25, -0.2) is 4.39 Å². The molecular weight excluding hydrogens is 346 g/mol. The highest BCUT2D eigenvalue weighted by molar-refractivity contribution is 14.1. The minimum atomic E-state index is -1.99. The van der Waals surface area contributed by atoms with Crippen molar-refractivity contribution in [3.05, 3.63) is 52.1 Å². The van der Waals surface area contributed by atoms with Crippen molar-refractivity contribution in [1.29, 1.82) is 0 Å². The van der Waals surface area contributed by atoms with Crippen molar-refractivity contribution in [3.63, 3.8) is 0 Å². The summed E-state index contributed by atoms with van der Waals surface area (Å²) in [6.07, 6.45) is 4.54. The van der Waals surface area contributed by atoms with Gasteiger partial charge in [-0.2, -0.15) is 0 Å². The van der Waals surface area contributed by atoms with Crippen molar-refractivity contribution in [2.75, 3.05) is 5.32 Å². The number of halogens is 2. The number of alkyl halides is 1. The SMILES string of the molecule is NC(=O)C1C=CC(I)=CC1(F)Nc1ccccc1. The average molecular weight is 358 g/mol. The molecule has 94 valence electrons. The molecule has 0 heterocycles. The van der Waals surface area contributed by atoms with Crippen LogP contribution >= 0.6 is 22.6 Å². The maximum absolute atomic E-state index is 14.9. The second kappa shape index (κ2) is 5.09. The molecule has 2 atom stereocenters. The van der Waals surface area contributed by atoms with Crippen LogP contribution in [0.25, 0.3) is 0 Å². The van der Waals surface area contributed by atoms with E-state index in [9.17, 15) is 9.18 Å². The molecule has 0 radical (unpaired) electrons. The van der Waals surface area contributed by atoms with Gasteiger partial charge in [0.15, 0.2) is 0 Å². The molecule has 1 aromatic carbocycles. The van der Waals surface area contributed by atoms with Crippen LogP contribution in [0, 0.1) is 5.92 Å². The second-order valence-electron chi connectivity index (χ2n) is 4.03. The number of carbonyl (C=O) groups is 1. The van der Waals surface area contributed by atoms with E-state index in [-0.39, 0.29) is 0 Å². The molecule has 0 aliphatic heterocycles. The summed E-state index contributed by atoms with van der Waals surface area (Å²) in [6, 6.07) is 8.88. The minimum absolute atomic E-state index is 0.599. The summed E-state index contributed by atoms with van der Waals surface area (Å²) in [6.45, 7) is 0. The largest absolute Gasteiger partial charge is 0.369 e. The lowest BCUT2D eigenvalue weighted by Crippen LogP contribution is -2.46. The van der Waals surface area contributed by atoms with Crippen LogP contribution < -0.4 is 11.1 Å². The van der Waals surface area contributed by atoms with Gasteiger partial charge in [0.2, 0.25) is 11.7 Å². The summed E-state index contributed by atoms with van der Waals surface area (Å²) in [4.78, 5) is 11.3. The van der Waals surface area contributed by atoms with Gasteiger partial charge in [0.25, 0.3) is 0 Å². The summed E-state index contributed by atoms with van der Waals surface area (Å²) < 4.78 is 15.6. The van der Waals surface area contributed by atoms with Crippen LogP contribution in [0.5, 0.6) is 0 Å². The summed E-state index contributed by atoms with van der Waals surface area (Å²) in [5.41, 5.74) is 5.84. The molecule has 0 fully saturated rings. The fourth-order valence-corrected chi connectivity index (χ4v) is 2.49. The highest BCUT2D eigenvalue weighted by atomic mass is 127. The average Bonchev–Trinajstić information content (AvgIpc) is 2.28. The molecule has 3 N–H and O–H groups in total. The van der Waals surface area contributed by atoms with Crippen LogP contribution in [0.4, 0.5) is 10.1 Å². The molecule has 0 spiro atoms. The Bertz CT molecular complexity index is 515. The molecule has 1 aliphatic rings. The number of nitrogens with one attached hydrogen (secondary N) is 1. The fraction of sp³-hybridized carbons (Fsp3) is 0.154. The van der Waals surface area contributed by atoms with Gasteiger partial charge in [0.1, 0.15) is 5.92 Å². The van der Waals surface area contributed by atoms with Crippen molar-refractivity contribution in [2.24, 2.45) is 11.7 Å². The zero-order chi connectivity index (χ0) is 13.2. The van der Waals surface area contributed by atoms with Crippen LogP contribution in [0.15, 0.2) is 52.1 Å². The Balaban J connectivity index is 2.32. The van der Waals surface area contributed by atoms with E-state index in [1.54, 1.807) is 30.3 Å². The number of benzene rings is 1. The van der Waals surface area contributed by atoms with Crippen molar-refractivity contribution in [2.45, 2.75) is 5.79 Å². The summed E-state index contributed by atoms with van der Waals surface area (Å²) >= 11 is 2.00. The second-order valence-corrected chi connectivity index (χ2v) is 5.27. The zero-order valence-electron chi connectivity index (χ0n) is 9.44. The Labute approximate surface area is 118 Å². The molecule has 0 saturated heterocycles. The first-order valence-corrected chi connectivity index (χ1v) is 6.47. The first kappa shape index (κ1) is 13.1. The van der Waals surface area contributed by atoms with Crippen molar-refractivity contribution in [3.8, 4) is 0 Å². The van der Waals surface area contributed by atoms with E-state index in [1.165, 1.54) is 12.2 Å². The van der Waals surface area contributed by atoms with Crippen LogP contribution in [-0.4, -0.2) is 11.7 Å². The fourth-order valence-electron chi connectivity index (χ4n) is 1.83. The molecule has 1 aromatic rings. The maximum Gasteiger partial charge on any atom is 0.229 e. The molecule has 3 nitrogen and oxygen atoms in total. The topological polar surface area (TPSA) is 55.1 Å². The Morgan fingerprint density at radius 1 is 1.39 bits per heavy atom. The Morgan fingerprint density at radius 2 is 2.06 bits per heavy atom. The van der Waals surface area contributed by atoms with E-state index >= 15 is 0 Å². The number of primary amides is 1. The third kappa shape index (κ3) is 2.72. The molecular formula is C13H12FIN2O. The number of carbonyl (C=O) groups excluding carboxylic acids is 1. The van der Waals surface area contributed by atoms with Crippen molar-refractivity contribution in [1.82, 2.24) is 0 Å². The van der Waals surface area contributed by atoms with Crippen LogP contribution in [-0.2, 0) is 4.79 Å². The summed E-state index contributed by atoms with van der Waals surface area (Å²) in [5, 5.41) is 2.72. The van der Waals surface area contributed by atoms with Gasteiger partial charge in [0, 0.05) is 9.27 Å². The number of hydrogen-bond acceptors (Lipinski definition) is 2. The molecule has 0 saturated carbocycles. The Kier molecular flexibility index (Phi) is 3.70. The molecule has 18 heavy (non-hydrogen) atoms. The van der Waals surface area contributed by atoms with Gasteiger partial charge in [-0.05, 0) is 40.8 Å². The van der Waals surface area contributed by atoms with Crippen LogP contribution in [0.2, 0.25) is 0 Å². The Morgan fingerprint density at radius 3 is 2.67 bits per heavy atom. The quantitative estimate of drug-likeness (QED) is 0.645. The van der Waals surface area contributed by atoms with E-state index in [1.807, 2.05) is 28.7 Å². The maximum atomic E-state index is 14.9. The number of anilines is 1. The van der Waals surface area contributed by atoms with Gasteiger partial charge in [-0.3, -0.25) is 4.79 Å². The predicted molar refractivity (Wildman–Crippen MR) is 77.8 cm³/mol. The molecule has 1 aliphatic carbocycles. The molecule has 0 bridgehead atoms. The lowest BCUT2D eigenvalue weighted by molar-refractivity contribution is -0.123. The molecule has 0 aromatic heterocycles. The van der Waals surface area contributed by atoms with E-state index in [4.69, 9.17) is 5.73 Å². The molecule has 2 rings (SSSR count). The van der Waals surface area contributed by atoms with Gasteiger partial charge in [-0.1, -0.05) is 30.4 Å². The van der Waals surface area contributed by atoms with Gasteiger partial charge < -0.3 is 11.1 Å². The number of amides is 1. The number of rotatable bonds is 3. The summed E-state index contributed by atoms with van der Waals surface area (Å²) in [7, 11) is 0. The zero-order valence-corrected chi connectivity index (χ0v) is 11.6. The number of para-hydroxylation sites is 1. The van der Waals surface area contributed by atoms with Gasteiger partial charge >= 0.3 is 0 Å². The third-order valence-corrected chi connectivity index (χ3v) is 3.34. The van der Waals surface area contributed by atoms with E-state index in [0.29, 0.717) is 5.69 Å². The van der Waals surface area contributed by atoms with Crippen molar-refractivity contribution >= 4 is 34.2 Å². The van der Waals surface area contributed by atoms with Crippen molar-refractivity contribution < 1.29 is 9.18 Å². The number of allylic oxidation sites excluding steroid dienone is 2. The first-order chi connectivity index (χ1) is 8.51. The lowest BCUT2D eigenvalue weighted by Gasteiger charge is -2.31. The van der Waals surface area contributed by atoms with Gasteiger partial charge in [-0.15, -0.1) is 0 Å². The molecule has 1 amide bonds. The predicted octanol–water partition coefficient (Wildman–Crippen LogP) is 2.75. The number of nitrogens with two attached hydrogens (primary N) is 1. The standard InChI is InChI=1S/C13H12FIN2O/c14-13(17-10-4-2-1-3-5-10)8-9(15)6-7-11(13)12(16)18/h1-8,11,17H,(H2,16,18). The first-order valence-electron chi connectivity index (χ1n) is 5.39. The minimum Gasteiger partial charge on any atom is -0.369 e. The van der Waals surface area contributed by atoms with E-state index < -0.39 is 17.6 Å². The molecule has 5 heteroatoms. The van der Waals surface area contributed by atoms with E-state index in [0.717, 1.165) is 3.58 Å².